The molecule has 258 valence electrons. The van der Waals surface area contributed by atoms with Crippen molar-refractivity contribution >= 4 is 29.4 Å². The molecule has 0 atom stereocenters. The number of aromatic nitrogens is 2. The summed E-state index contributed by atoms with van der Waals surface area (Å²) in [7, 11) is 0. The fraction of sp³-hybridized carbons (Fsp3) is 0.366. The lowest BCUT2D eigenvalue weighted by molar-refractivity contribution is 0.101. The molecule has 1 aromatic heterocycles. The number of ether oxygens (including phenoxy) is 1. The van der Waals surface area contributed by atoms with E-state index in [9.17, 15) is 10.1 Å². The van der Waals surface area contributed by atoms with Gasteiger partial charge in [0.1, 0.15) is 24.2 Å². The summed E-state index contributed by atoms with van der Waals surface area (Å²) in [5.74, 6) is 8.25. The molecule has 1 aliphatic rings. The first kappa shape index (κ1) is 36.4. The monoisotopic (exact) mass is 689 g/mol. The molecule has 0 saturated carbocycles. The van der Waals surface area contributed by atoms with Crippen molar-refractivity contribution in [2.75, 3.05) is 29.0 Å². The average Bonchev–Trinajstić information content (AvgIpc) is 3.10. The number of nitrogens with one attached hydrogen (secondary N) is 1. The highest BCUT2D eigenvalue weighted by molar-refractivity contribution is 7.99. The molecule has 1 fully saturated rings. The third-order valence-corrected chi connectivity index (χ3v) is 9.51. The van der Waals surface area contributed by atoms with E-state index >= 15 is 4.39 Å². The van der Waals surface area contributed by atoms with Gasteiger partial charge in [-0.05, 0) is 97.3 Å². The van der Waals surface area contributed by atoms with Crippen LogP contribution in [0.4, 0.5) is 16.0 Å². The van der Waals surface area contributed by atoms with E-state index in [0.717, 1.165) is 52.8 Å². The van der Waals surface area contributed by atoms with Crippen LogP contribution < -0.4 is 14.4 Å². The second-order valence-corrected chi connectivity index (χ2v) is 14.3. The number of benzene rings is 3. The largest absolute Gasteiger partial charge is 0.487 e. The molecule has 2 heterocycles. The maximum Gasteiger partial charge on any atom is 0.233 e. The molecule has 0 radical (unpaired) electrons. The van der Waals surface area contributed by atoms with Crippen molar-refractivity contribution < 1.29 is 13.9 Å². The van der Waals surface area contributed by atoms with Gasteiger partial charge in [0, 0.05) is 48.0 Å². The highest BCUT2D eigenvalue weighted by Crippen LogP contribution is 2.37. The maximum atomic E-state index is 15.9. The van der Waals surface area contributed by atoms with E-state index in [2.05, 4.69) is 46.4 Å². The quantitative estimate of drug-likeness (QED) is 0.0950. The summed E-state index contributed by atoms with van der Waals surface area (Å²) in [6.45, 7) is 11.5. The number of carbonyl (C=O) groups excluding carboxylic acids is 1. The number of nitrogens with zero attached hydrogens (tertiary/aromatic N) is 4. The molecule has 5 rings (SSSR count). The number of ketones is 1. The van der Waals surface area contributed by atoms with E-state index in [-0.39, 0.29) is 17.5 Å². The molecule has 50 heavy (non-hydrogen) atoms. The number of halogens is 1. The van der Waals surface area contributed by atoms with Gasteiger partial charge in [-0.2, -0.15) is 5.26 Å². The average molecular weight is 690 g/mol. The summed E-state index contributed by atoms with van der Waals surface area (Å²) >= 11 is 1.42. The zero-order valence-corrected chi connectivity index (χ0v) is 30.5. The van der Waals surface area contributed by atoms with Gasteiger partial charge in [-0.15, -0.1) is 0 Å². The summed E-state index contributed by atoms with van der Waals surface area (Å²) in [6, 6.07) is 21.1. The van der Waals surface area contributed by atoms with Gasteiger partial charge in [0.2, 0.25) is 5.95 Å². The van der Waals surface area contributed by atoms with E-state index in [1.54, 1.807) is 19.2 Å². The van der Waals surface area contributed by atoms with Gasteiger partial charge < -0.3 is 9.64 Å². The third-order valence-electron chi connectivity index (χ3n) is 9.12. The van der Waals surface area contributed by atoms with Crippen molar-refractivity contribution in [3.05, 3.63) is 112 Å². The minimum atomic E-state index is -0.561. The van der Waals surface area contributed by atoms with Crippen LogP contribution in [0.2, 0.25) is 0 Å². The number of hydrogen-bond acceptors (Lipinski definition) is 8. The summed E-state index contributed by atoms with van der Waals surface area (Å²) in [4.78, 5) is 22.7. The molecule has 4 aromatic rings. The SMILES string of the molecule is CSNc1nccc(COc2ccc(C(C)(C)c3cc(F)c(N4CCC(C#Cc5ccc(C(C)=O)c(CC(C)C)c5)CC4)c(C#N)c3)cc2)n1. The molecular weight excluding hydrogens is 646 g/mol. The predicted molar refractivity (Wildman–Crippen MR) is 200 cm³/mol. The third kappa shape index (κ3) is 8.83. The topological polar surface area (TPSA) is 91.1 Å². The molecule has 0 amide bonds. The standard InChI is InChI=1S/C41H44FN5O2S/c1-27(2)21-31-22-30(9-14-37(31)28(3)48)8-7-29-16-19-47(20-17-29)39-32(25-43)23-34(24-38(39)42)41(4,5)33-10-12-36(13-11-33)49-26-35-15-18-44-40(45-35)46-50-6/h9-15,18,22-24,27,29H,16-17,19-21,26H2,1-6H3,(H,44,45,46). The Bertz CT molecular complexity index is 1930. The summed E-state index contributed by atoms with van der Waals surface area (Å²) in [5, 5.41) is 10.1. The van der Waals surface area contributed by atoms with Crippen LogP contribution >= 0.6 is 11.9 Å². The Kier molecular flexibility index (Phi) is 11.8. The van der Waals surface area contributed by atoms with Crippen LogP contribution in [0.15, 0.2) is 66.9 Å². The van der Waals surface area contributed by atoms with Gasteiger partial charge >= 0.3 is 0 Å². The lowest BCUT2D eigenvalue weighted by Crippen LogP contribution is -2.34. The number of nitriles is 1. The van der Waals surface area contributed by atoms with Crippen molar-refractivity contribution in [1.82, 2.24) is 9.97 Å². The number of carbonyl (C=O) groups is 1. The number of anilines is 2. The molecule has 0 aliphatic carbocycles. The first-order valence-electron chi connectivity index (χ1n) is 17.0. The molecule has 1 saturated heterocycles. The molecular formula is C41H44FN5O2S. The van der Waals surface area contributed by atoms with Crippen molar-refractivity contribution in [3.8, 4) is 23.7 Å². The normalized spacial score (nSPS) is 13.4. The van der Waals surface area contributed by atoms with Crippen molar-refractivity contribution in [2.45, 2.75) is 65.9 Å². The van der Waals surface area contributed by atoms with Crippen LogP contribution in [0.1, 0.15) is 91.3 Å². The lowest BCUT2D eigenvalue weighted by Gasteiger charge is -2.33. The van der Waals surface area contributed by atoms with Crippen LogP contribution in [-0.2, 0) is 18.4 Å². The zero-order chi connectivity index (χ0) is 35.8. The van der Waals surface area contributed by atoms with E-state index in [1.165, 1.54) is 11.9 Å². The zero-order valence-electron chi connectivity index (χ0n) is 29.6. The van der Waals surface area contributed by atoms with Gasteiger partial charge in [0.25, 0.3) is 0 Å². The Morgan fingerprint density at radius 1 is 1.10 bits per heavy atom. The minimum Gasteiger partial charge on any atom is -0.487 e. The number of Topliss-reactive ketones (excluding diaryl/α,β-unsaturated/α-hetero) is 1. The van der Waals surface area contributed by atoms with Crippen molar-refractivity contribution in [3.63, 3.8) is 0 Å². The van der Waals surface area contributed by atoms with E-state index < -0.39 is 5.41 Å². The van der Waals surface area contributed by atoms with E-state index in [0.29, 0.717) is 48.6 Å². The van der Waals surface area contributed by atoms with E-state index in [1.807, 2.05) is 79.6 Å². The summed E-state index contributed by atoms with van der Waals surface area (Å²) in [6.07, 6.45) is 5.98. The van der Waals surface area contributed by atoms with Gasteiger partial charge in [0.05, 0.1) is 16.9 Å². The second-order valence-electron chi connectivity index (χ2n) is 13.6. The van der Waals surface area contributed by atoms with Gasteiger partial charge in [-0.3, -0.25) is 9.52 Å². The first-order valence-corrected chi connectivity index (χ1v) is 18.2. The predicted octanol–water partition coefficient (Wildman–Crippen LogP) is 8.75. The summed E-state index contributed by atoms with van der Waals surface area (Å²) < 4.78 is 24.9. The molecule has 0 spiro atoms. The first-order chi connectivity index (χ1) is 24.0. The van der Waals surface area contributed by atoms with Crippen LogP contribution in [0.5, 0.6) is 5.75 Å². The van der Waals surface area contributed by atoms with Gasteiger partial charge in [-0.1, -0.05) is 63.6 Å². The molecule has 0 unspecified atom stereocenters. The lowest BCUT2D eigenvalue weighted by atomic mass is 9.77. The maximum absolute atomic E-state index is 15.9. The Morgan fingerprint density at radius 2 is 1.84 bits per heavy atom. The van der Waals surface area contributed by atoms with Crippen LogP contribution in [-0.4, -0.2) is 35.1 Å². The molecule has 1 N–H and O–H groups in total. The van der Waals surface area contributed by atoms with Crippen LogP contribution in [0, 0.1) is 40.8 Å². The fourth-order valence-electron chi connectivity index (χ4n) is 6.33. The number of piperidine rings is 1. The second kappa shape index (κ2) is 16.2. The van der Waals surface area contributed by atoms with Gasteiger partial charge in [-0.25, -0.2) is 14.4 Å². The molecule has 9 heteroatoms. The highest BCUT2D eigenvalue weighted by Gasteiger charge is 2.29. The van der Waals surface area contributed by atoms with E-state index in [4.69, 9.17) is 4.74 Å². The number of hydrogen-bond donors (Lipinski definition) is 1. The smallest absolute Gasteiger partial charge is 0.233 e. The Hall–Kier alpha value is -4.86. The Labute approximate surface area is 299 Å². The van der Waals surface area contributed by atoms with Crippen molar-refractivity contribution in [1.29, 1.82) is 5.26 Å². The Balaban J connectivity index is 1.25. The molecule has 7 nitrogen and oxygen atoms in total. The minimum absolute atomic E-state index is 0.0714. The van der Waals surface area contributed by atoms with Gasteiger partial charge in [0.15, 0.2) is 5.78 Å². The summed E-state index contributed by atoms with van der Waals surface area (Å²) in [5.41, 5.74) is 5.31. The van der Waals surface area contributed by atoms with Crippen LogP contribution in [0.3, 0.4) is 0 Å². The fourth-order valence-corrected chi connectivity index (χ4v) is 6.61. The molecule has 0 bridgehead atoms. The molecule has 1 aliphatic heterocycles. The van der Waals surface area contributed by atoms with Crippen LogP contribution in [0.25, 0.3) is 0 Å². The number of rotatable bonds is 11. The highest BCUT2D eigenvalue weighted by atomic mass is 32.2. The van der Waals surface area contributed by atoms with Crippen molar-refractivity contribution in [2.24, 2.45) is 11.8 Å². The molecule has 3 aromatic carbocycles. The Morgan fingerprint density at radius 3 is 2.50 bits per heavy atom.